The van der Waals surface area contributed by atoms with Crippen LogP contribution in [0, 0.1) is 0 Å². The number of aliphatic hydroxyl groups excluding tert-OH is 2. The van der Waals surface area contributed by atoms with Gasteiger partial charge in [0.2, 0.25) is 29.7 Å². The molecule has 2 aromatic heterocycles. The molecule has 0 saturated heterocycles. The van der Waals surface area contributed by atoms with Crippen LogP contribution in [0.15, 0.2) is 107 Å². The van der Waals surface area contributed by atoms with Crippen LogP contribution in [-0.4, -0.2) is 106 Å². The van der Waals surface area contributed by atoms with Gasteiger partial charge in [-0.25, -0.2) is 16.8 Å². The van der Waals surface area contributed by atoms with Gasteiger partial charge in [-0.15, -0.1) is 0 Å². The monoisotopic (exact) mass is 885 g/mol. The smallest absolute Gasteiger partial charge is 0.744 e. The summed E-state index contributed by atoms with van der Waals surface area (Å²) in [5.41, 5.74) is 1.37. The minimum absolute atomic E-state index is 0. The maximum Gasteiger partial charge on any atom is 1.00 e. The van der Waals surface area contributed by atoms with Gasteiger partial charge in [0.15, 0.2) is 5.82 Å². The maximum atomic E-state index is 12.5. The quantitative estimate of drug-likeness (QED) is 0.0369. The van der Waals surface area contributed by atoms with Crippen LogP contribution in [0.25, 0.3) is 23.5 Å². The number of para-hydroxylation sites is 1. The largest absolute Gasteiger partial charge is 1.00 e. The summed E-state index contributed by atoms with van der Waals surface area (Å²) in [6, 6.07) is 25.7. The van der Waals surface area contributed by atoms with E-state index in [4.69, 9.17) is 0 Å². The Balaban J connectivity index is 0.00000410. The maximum absolute atomic E-state index is 12.5. The number of benzene rings is 4. The van der Waals surface area contributed by atoms with Crippen molar-refractivity contribution in [1.29, 1.82) is 0 Å². The van der Waals surface area contributed by atoms with Gasteiger partial charge in [-0.05, 0) is 47.5 Å². The molecule has 0 aliphatic carbocycles. The third kappa shape index (κ3) is 13.4. The van der Waals surface area contributed by atoms with Crippen molar-refractivity contribution in [2.75, 3.05) is 66.1 Å². The Kier molecular flexibility index (Phi) is 17.6. The first-order valence-corrected chi connectivity index (χ1v) is 20.5. The second-order valence-corrected chi connectivity index (χ2v) is 15.4. The zero-order chi connectivity index (χ0) is 42.2. The number of anilines is 8. The fourth-order valence-corrected chi connectivity index (χ4v) is 6.87. The van der Waals surface area contributed by atoms with Crippen LogP contribution in [0.2, 0.25) is 0 Å². The molecule has 0 radical (unpaired) electrons. The average molecular weight is 886 g/mol. The van der Waals surface area contributed by atoms with E-state index in [9.17, 15) is 36.2 Å². The Morgan fingerprint density at radius 3 is 1.41 bits per heavy atom. The molecule has 306 valence electrons. The van der Waals surface area contributed by atoms with Crippen molar-refractivity contribution >= 4 is 79.2 Å². The molecule has 0 atom stereocenters. The number of hydrogen-bond donors (Lipinski definition) is 5. The number of aliphatic hydroxyl groups is 2. The number of aromatic nitrogens is 6. The molecular weight excluding hydrogens is 849 g/mol. The van der Waals surface area contributed by atoms with Crippen molar-refractivity contribution in [2.24, 2.45) is 0 Å². The third-order valence-corrected chi connectivity index (χ3v) is 10.2. The molecule has 23 heteroatoms. The third-order valence-electron chi connectivity index (χ3n) is 8.38. The Hall–Kier alpha value is -4.62. The van der Waals surface area contributed by atoms with Crippen LogP contribution in [0.1, 0.15) is 11.1 Å². The first kappa shape index (κ1) is 49.0. The van der Waals surface area contributed by atoms with Crippen molar-refractivity contribution < 1.29 is 95.3 Å². The van der Waals surface area contributed by atoms with Gasteiger partial charge in [0, 0.05) is 49.8 Å². The van der Waals surface area contributed by atoms with Gasteiger partial charge < -0.3 is 45.1 Å². The van der Waals surface area contributed by atoms with Crippen molar-refractivity contribution in [3.05, 3.63) is 108 Å². The van der Waals surface area contributed by atoms with Crippen molar-refractivity contribution in [1.82, 2.24) is 29.9 Å². The second kappa shape index (κ2) is 21.9. The molecular formula is C38H37N11Na2O8S2. The van der Waals surface area contributed by atoms with E-state index in [0.29, 0.717) is 11.3 Å². The number of nitrogens with one attached hydrogen (secondary N) is 3. The summed E-state index contributed by atoms with van der Waals surface area (Å²) in [7, 11) is -6.90. The zero-order valence-electron chi connectivity index (χ0n) is 33.5. The fourth-order valence-electron chi connectivity index (χ4n) is 5.48. The molecule has 2 heterocycles. The molecule has 61 heavy (non-hydrogen) atoms. The molecule has 0 fully saturated rings. The molecule has 0 aliphatic heterocycles. The Morgan fingerprint density at radius 1 is 0.557 bits per heavy atom. The summed E-state index contributed by atoms with van der Waals surface area (Å²) < 4.78 is 75.1. The van der Waals surface area contributed by atoms with E-state index in [1.54, 1.807) is 60.3 Å². The van der Waals surface area contributed by atoms with Crippen LogP contribution < -0.4 is 84.9 Å². The summed E-state index contributed by atoms with van der Waals surface area (Å²) in [4.78, 5) is 28.3. The first-order valence-electron chi connectivity index (χ1n) is 17.7. The van der Waals surface area contributed by atoms with E-state index in [-0.39, 0.29) is 143 Å². The van der Waals surface area contributed by atoms with E-state index >= 15 is 0 Å². The molecule has 5 N–H and O–H groups in total. The second-order valence-electron chi connectivity index (χ2n) is 12.7. The predicted molar refractivity (Wildman–Crippen MR) is 220 cm³/mol. The molecule has 0 unspecified atom stereocenters. The van der Waals surface area contributed by atoms with Crippen molar-refractivity contribution in [3.63, 3.8) is 0 Å². The van der Waals surface area contributed by atoms with Gasteiger partial charge in [-0.3, -0.25) is 0 Å². The minimum Gasteiger partial charge on any atom is -0.744 e. The van der Waals surface area contributed by atoms with Crippen molar-refractivity contribution in [3.8, 4) is 11.4 Å². The van der Waals surface area contributed by atoms with E-state index in [1.165, 1.54) is 36.4 Å². The molecule has 0 amide bonds. The topological polar surface area (TPSA) is 275 Å². The minimum atomic E-state index is -5.12. The van der Waals surface area contributed by atoms with E-state index in [2.05, 4.69) is 45.9 Å². The molecule has 0 saturated carbocycles. The number of rotatable bonds is 17. The van der Waals surface area contributed by atoms with E-state index in [1.807, 2.05) is 24.3 Å². The molecule has 6 rings (SSSR count). The fraction of sp³-hybridized carbons (Fsp3) is 0.158. The van der Waals surface area contributed by atoms with Gasteiger partial charge in [-0.1, -0.05) is 72.8 Å². The SMILES string of the molecule is CN(CCO)c1nc(Nc2ccccc2)nc(Nc2ccc(C=Cc3ccc(Nc4nc(-c5ccccc5)nc(N(C)CCO)n4)cc3S(=O)(=O)[O-])c(S(=O)(=O)[O-])c2)n1.[Na+].[Na+]. The Bertz CT molecular complexity index is 2690. The van der Waals surface area contributed by atoms with Crippen LogP contribution in [0.5, 0.6) is 0 Å². The van der Waals surface area contributed by atoms with Crippen LogP contribution in [0.4, 0.5) is 46.8 Å². The van der Waals surface area contributed by atoms with Gasteiger partial charge in [-0.2, -0.15) is 29.9 Å². The summed E-state index contributed by atoms with van der Waals surface area (Å²) in [5.74, 6) is 0.817. The van der Waals surface area contributed by atoms with E-state index < -0.39 is 30.0 Å². The predicted octanol–water partition coefficient (Wildman–Crippen LogP) is -2.20. The van der Waals surface area contributed by atoms with E-state index in [0.717, 1.165) is 12.1 Å². The Morgan fingerprint density at radius 2 is 0.967 bits per heavy atom. The van der Waals surface area contributed by atoms with Crippen molar-refractivity contribution in [2.45, 2.75) is 9.79 Å². The summed E-state index contributed by atoms with van der Waals surface area (Å²) in [6.07, 6.45) is 2.39. The van der Waals surface area contributed by atoms with Crippen LogP contribution in [-0.2, 0) is 20.2 Å². The zero-order valence-corrected chi connectivity index (χ0v) is 39.1. The summed E-state index contributed by atoms with van der Waals surface area (Å²) in [5, 5.41) is 27.8. The standard InChI is InChI=1S/C38H39N11O8S2.2Na/c1-48(19-21-50)37-43-33(27-9-5-3-6-10-27)42-34(45-37)40-29-17-15-25(31(23-29)58(52,53)54)13-14-26-16-18-30(24-32(26)59(55,56)57)41-36-44-35(39-28-11-7-4-8-12-28)46-38(47-36)49(2)20-22-51;;/h3-18,23-24,50-51H,19-22H2,1-2H3,(H,52,53,54)(H,55,56,57)(H,40,42,43,45)(H2,39,41,44,46,47);;/q;2*+1/p-2. The molecule has 6 aromatic rings. The molecule has 0 aliphatic rings. The number of hydrogen-bond acceptors (Lipinski definition) is 19. The normalized spacial score (nSPS) is 11.3. The summed E-state index contributed by atoms with van der Waals surface area (Å²) in [6.45, 7) is 0.0534. The first-order chi connectivity index (χ1) is 28.2. The number of nitrogens with zero attached hydrogens (tertiary/aromatic N) is 8. The van der Waals surface area contributed by atoms with Gasteiger partial charge in [0.25, 0.3) is 0 Å². The van der Waals surface area contributed by atoms with Gasteiger partial charge in [0.05, 0.1) is 23.0 Å². The Labute approximate surface area is 396 Å². The summed E-state index contributed by atoms with van der Waals surface area (Å²) >= 11 is 0. The van der Waals surface area contributed by atoms with Gasteiger partial charge >= 0.3 is 59.1 Å². The van der Waals surface area contributed by atoms with Gasteiger partial charge in [0.1, 0.15) is 20.2 Å². The average Bonchev–Trinajstić information content (AvgIpc) is 3.20. The molecule has 4 aromatic carbocycles. The molecule has 0 bridgehead atoms. The van der Waals surface area contributed by atoms with Crippen LogP contribution in [0.3, 0.4) is 0 Å². The number of likely N-dealkylation sites (N-methyl/N-ethyl adjacent to an activating group) is 2. The molecule has 19 nitrogen and oxygen atoms in total. The van der Waals surface area contributed by atoms with Crippen LogP contribution >= 0.6 is 0 Å². The molecule has 0 spiro atoms.